The molecule has 3 N–H and O–H groups in total. The van der Waals surface area contributed by atoms with Crippen LogP contribution in [0, 0.1) is 0 Å². The number of amides is 1. The van der Waals surface area contributed by atoms with Gasteiger partial charge >= 0.3 is 6.09 Å². The number of hydrogen-bond donors (Lipinski definition) is 3. The van der Waals surface area contributed by atoms with E-state index in [0.29, 0.717) is 19.0 Å². The van der Waals surface area contributed by atoms with Crippen molar-refractivity contribution in [2.45, 2.75) is 78.5 Å². The zero-order valence-electron chi connectivity index (χ0n) is 20.5. The van der Waals surface area contributed by atoms with E-state index in [-0.39, 0.29) is 24.0 Å². The maximum absolute atomic E-state index is 12.1. The molecule has 0 aromatic carbocycles. The zero-order chi connectivity index (χ0) is 22.9. The quantitative estimate of drug-likeness (QED) is 0.265. The summed E-state index contributed by atoms with van der Waals surface area (Å²) in [4.78, 5) is 23.7. The van der Waals surface area contributed by atoms with Crippen molar-refractivity contribution >= 4 is 41.8 Å². The maximum atomic E-state index is 12.1. The number of guanidine groups is 1. The fourth-order valence-electron chi connectivity index (χ4n) is 3.30. The Morgan fingerprint density at radius 1 is 1.16 bits per heavy atom. The lowest BCUT2D eigenvalue weighted by molar-refractivity contribution is 0.0474. The van der Waals surface area contributed by atoms with E-state index in [1.54, 1.807) is 0 Å². The van der Waals surface area contributed by atoms with Gasteiger partial charge in [0, 0.05) is 32.4 Å². The fraction of sp³-hybridized carbons (Fsp3) is 0.696. The highest BCUT2D eigenvalue weighted by atomic mass is 127. The Hall–Kier alpha value is -1.78. The first-order valence-electron chi connectivity index (χ1n) is 11.3. The Balaban J connectivity index is 0.00000512. The molecule has 9 heteroatoms. The van der Waals surface area contributed by atoms with Crippen LogP contribution < -0.4 is 20.9 Å². The largest absolute Gasteiger partial charge is 0.444 e. The maximum Gasteiger partial charge on any atom is 0.408 e. The molecular weight excluding hydrogens is 519 g/mol. The second-order valence-electron chi connectivity index (χ2n) is 9.63. The fourth-order valence-corrected chi connectivity index (χ4v) is 3.30. The van der Waals surface area contributed by atoms with Gasteiger partial charge in [0.25, 0.3) is 0 Å². The number of anilines is 1. The molecule has 1 fully saturated rings. The number of hydrogen-bond acceptors (Lipinski definition) is 5. The SMILES string of the molecule is CCNC(=NCc1ccnc(N2CCCCC2)c1)NCC(C)(C)NC(=O)OC(C)(C)C.I. The number of alkyl carbamates (subject to hydrolysis) is 1. The van der Waals surface area contributed by atoms with Crippen LogP contribution in [-0.4, -0.2) is 54.4 Å². The van der Waals surface area contributed by atoms with Crippen LogP contribution in [0.3, 0.4) is 0 Å². The van der Waals surface area contributed by atoms with Crippen molar-refractivity contribution in [2.75, 3.05) is 31.1 Å². The van der Waals surface area contributed by atoms with Gasteiger partial charge in [-0.25, -0.2) is 14.8 Å². The number of carbonyl (C=O) groups excluding carboxylic acids is 1. The second-order valence-corrected chi connectivity index (χ2v) is 9.63. The van der Waals surface area contributed by atoms with Crippen LogP contribution in [0.1, 0.15) is 66.4 Å². The summed E-state index contributed by atoms with van der Waals surface area (Å²) in [6.07, 6.45) is 5.20. The monoisotopic (exact) mass is 560 g/mol. The van der Waals surface area contributed by atoms with Gasteiger partial charge in [0.05, 0.1) is 12.1 Å². The molecule has 1 aromatic rings. The van der Waals surface area contributed by atoms with Gasteiger partial charge in [0.1, 0.15) is 11.4 Å². The highest BCUT2D eigenvalue weighted by molar-refractivity contribution is 14.0. The number of ether oxygens (including phenoxy) is 1. The second kappa shape index (κ2) is 13.1. The molecule has 0 bridgehead atoms. The number of aliphatic imine (C=N–C) groups is 1. The van der Waals surface area contributed by atoms with Crippen molar-refractivity contribution in [1.29, 1.82) is 0 Å². The first-order valence-corrected chi connectivity index (χ1v) is 11.3. The normalized spacial score (nSPS) is 14.9. The standard InChI is InChI=1S/C23H40N6O2.HI/c1-7-24-20(27-17-23(5,6)28-21(30)31-22(2,3)4)26-16-18-11-12-25-19(15-18)29-13-9-8-10-14-29;/h11-12,15H,7-10,13-14,16-17H2,1-6H3,(H,28,30)(H2,24,26,27);1H. The van der Waals surface area contributed by atoms with Gasteiger partial charge in [-0.3, -0.25) is 0 Å². The third-order valence-corrected chi connectivity index (χ3v) is 4.79. The Kier molecular flexibility index (Phi) is 11.5. The number of pyridine rings is 1. The molecule has 0 spiro atoms. The third-order valence-electron chi connectivity index (χ3n) is 4.79. The van der Waals surface area contributed by atoms with Crippen molar-refractivity contribution in [3.8, 4) is 0 Å². The summed E-state index contributed by atoms with van der Waals surface area (Å²) >= 11 is 0. The van der Waals surface area contributed by atoms with Crippen LogP contribution in [0.4, 0.5) is 10.6 Å². The highest BCUT2D eigenvalue weighted by Crippen LogP contribution is 2.18. The third kappa shape index (κ3) is 10.7. The first-order chi connectivity index (χ1) is 14.6. The molecule has 0 unspecified atom stereocenters. The minimum Gasteiger partial charge on any atom is -0.444 e. The van der Waals surface area contributed by atoms with E-state index in [1.165, 1.54) is 19.3 Å². The van der Waals surface area contributed by atoms with Crippen LogP contribution in [0.15, 0.2) is 23.3 Å². The minimum atomic E-state index is -0.526. The summed E-state index contributed by atoms with van der Waals surface area (Å²) in [7, 11) is 0. The van der Waals surface area contributed by atoms with Crippen LogP contribution in [0.25, 0.3) is 0 Å². The minimum absolute atomic E-state index is 0. The molecule has 0 saturated carbocycles. The lowest BCUT2D eigenvalue weighted by Crippen LogP contribution is -2.54. The lowest BCUT2D eigenvalue weighted by Gasteiger charge is -2.29. The molecule has 1 saturated heterocycles. The Bertz CT molecular complexity index is 742. The van der Waals surface area contributed by atoms with Crippen LogP contribution in [-0.2, 0) is 11.3 Å². The molecule has 2 rings (SSSR count). The van der Waals surface area contributed by atoms with E-state index < -0.39 is 17.2 Å². The predicted octanol–water partition coefficient (Wildman–Crippen LogP) is 4.05. The molecule has 0 radical (unpaired) electrons. The molecule has 8 nitrogen and oxygen atoms in total. The van der Waals surface area contributed by atoms with Gasteiger partial charge in [-0.1, -0.05) is 0 Å². The number of nitrogens with zero attached hydrogens (tertiary/aromatic N) is 3. The van der Waals surface area contributed by atoms with Crippen LogP contribution in [0.2, 0.25) is 0 Å². The summed E-state index contributed by atoms with van der Waals surface area (Å²) in [5, 5.41) is 9.49. The van der Waals surface area contributed by atoms with Crippen molar-refractivity contribution in [3.05, 3.63) is 23.9 Å². The van der Waals surface area contributed by atoms with Gasteiger partial charge in [0.2, 0.25) is 0 Å². The summed E-state index contributed by atoms with van der Waals surface area (Å²) < 4.78 is 5.36. The lowest BCUT2D eigenvalue weighted by atomic mass is 10.1. The average Bonchev–Trinajstić information content (AvgIpc) is 2.69. The molecule has 1 aromatic heterocycles. The highest BCUT2D eigenvalue weighted by Gasteiger charge is 2.24. The van der Waals surface area contributed by atoms with Crippen molar-refractivity contribution in [2.24, 2.45) is 4.99 Å². The van der Waals surface area contributed by atoms with E-state index in [4.69, 9.17) is 9.73 Å². The summed E-state index contributed by atoms with van der Waals surface area (Å²) in [6, 6.07) is 4.14. The summed E-state index contributed by atoms with van der Waals surface area (Å²) in [5.41, 5.74) is 0.0944. The molecular formula is C23H41IN6O2. The molecule has 1 aliphatic rings. The number of piperidine rings is 1. The molecule has 182 valence electrons. The summed E-state index contributed by atoms with van der Waals surface area (Å²) in [5.74, 6) is 1.74. The molecule has 32 heavy (non-hydrogen) atoms. The molecule has 2 heterocycles. The number of carbonyl (C=O) groups is 1. The van der Waals surface area contributed by atoms with E-state index in [1.807, 2.05) is 53.8 Å². The van der Waals surface area contributed by atoms with Gasteiger partial charge in [-0.2, -0.15) is 0 Å². The average molecular weight is 561 g/mol. The molecule has 0 aliphatic carbocycles. The van der Waals surface area contributed by atoms with E-state index in [9.17, 15) is 4.79 Å². The summed E-state index contributed by atoms with van der Waals surface area (Å²) in [6.45, 7) is 15.4. The Labute approximate surface area is 210 Å². The van der Waals surface area contributed by atoms with E-state index in [0.717, 1.165) is 31.0 Å². The Morgan fingerprint density at radius 2 is 1.84 bits per heavy atom. The number of nitrogens with one attached hydrogen (secondary N) is 3. The van der Waals surface area contributed by atoms with Crippen LogP contribution >= 0.6 is 24.0 Å². The van der Waals surface area contributed by atoms with Crippen molar-refractivity contribution in [1.82, 2.24) is 20.9 Å². The molecule has 0 atom stereocenters. The molecule has 1 aliphatic heterocycles. The van der Waals surface area contributed by atoms with Gasteiger partial charge in [-0.15, -0.1) is 24.0 Å². The number of halogens is 1. The topological polar surface area (TPSA) is 90.9 Å². The first kappa shape index (κ1) is 28.3. The predicted molar refractivity (Wildman–Crippen MR) is 142 cm³/mol. The number of rotatable bonds is 7. The Morgan fingerprint density at radius 3 is 2.47 bits per heavy atom. The van der Waals surface area contributed by atoms with Gasteiger partial charge in [0.15, 0.2) is 5.96 Å². The smallest absolute Gasteiger partial charge is 0.408 e. The number of aromatic nitrogens is 1. The van der Waals surface area contributed by atoms with Crippen molar-refractivity contribution in [3.63, 3.8) is 0 Å². The molecule has 1 amide bonds. The van der Waals surface area contributed by atoms with E-state index >= 15 is 0 Å². The van der Waals surface area contributed by atoms with Gasteiger partial charge in [-0.05, 0) is 78.5 Å². The van der Waals surface area contributed by atoms with Crippen LogP contribution in [0.5, 0.6) is 0 Å². The van der Waals surface area contributed by atoms with Gasteiger partial charge < -0.3 is 25.6 Å². The van der Waals surface area contributed by atoms with E-state index in [2.05, 4.69) is 31.9 Å². The zero-order valence-corrected chi connectivity index (χ0v) is 22.8. The van der Waals surface area contributed by atoms with Crippen molar-refractivity contribution < 1.29 is 9.53 Å².